The highest BCUT2D eigenvalue weighted by Gasteiger charge is 2.50. The summed E-state index contributed by atoms with van der Waals surface area (Å²) >= 11 is 6.13. The molecule has 1 saturated heterocycles. The molecule has 1 aromatic heterocycles. The van der Waals surface area contributed by atoms with Crippen molar-refractivity contribution in [2.45, 2.75) is 30.3 Å². The molecule has 5 rings (SSSR count). The molecule has 2 N–H and O–H groups in total. The second kappa shape index (κ2) is 11.3. The molecule has 1 fully saturated rings. The minimum absolute atomic E-state index is 0.163. The Hall–Kier alpha value is -3.74. The number of rotatable bonds is 7. The van der Waals surface area contributed by atoms with Gasteiger partial charge in [0.25, 0.3) is 0 Å². The largest absolute Gasteiger partial charge is 0.511 e. The van der Waals surface area contributed by atoms with E-state index in [1.807, 2.05) is 30.3 Å². The zero-order valence-electron chi connectivity index (χ0n) is 21.3. The van der Waals surface area contributed by atoms with Gasteiger partial charge in [0, 0.05) is 35.5 Å². The van der Waals surface area contributed by atoms with Gasteiger partial charge in [-0.1, -0.05) is 41.9 Å². The summed E-state index contributed by atoms with van der Waals surface area (Å²) in [4.78, 5) is 20.1. The summed E-state index contributed by atoms with van der Waals surface area (Å²) in [5, 5.41) is 13.9. The highest BCUT2D eigenvalue weighted by molar-refractivity contribution is 7.90. The molecule has 1 atom stereocenters. The number of carboxylic acid groups (broad SMARTS) is 1. The molecular formula is C28H24ClF3N4O4S. The van der Waals surface area contributed by atoms with Crippen LogP contribution in [0.3, 0.4) is 0 Å². The lowest BCUT2D eigenvalue weighted by Crippen LogP contribution is -2.47. The Labute approximate surface area is 238 Å². The van der Waals surface area contributed by atoms with Gasteiger partial charge in [0.2, 0.25) is 0 Å². The monoisotopic (exact) mass is 604 g/mol. The van der Waals surface area contributed by atoms with Crippen LogP contribution in [-0.4, -0.2) is 58.4 Å². The van der Waals surface area contributed by atoms with E-state index in [0.717, 1.165) is 16.7 Å². The molecule has 41 heavy (non-hydrogen) atoms. The number of carbonyl (C=O) groups is 1. The van der Waals surface area contributed by atoms with Gasteiger partial charge in [0.05, 0.1) is 11.1 Å². The molecule has 0 saturated carbocycles. The zero-order chi connectivity index (χ0) is 29.4. The molecule has 8 nitrogen and oxygen atoms in total. The van der Waals surface area contributed by atoms with Crippen molar-refractivity contribution in [3.63, 3.8) is 0 Å². The standard InChI is InChI=1S/C28H24ClF3N4O4S/c29-21-8-5-18(6-9-21)25(17-1-3-19(4-2-17)27(37)38)20-7-10-24-23(15-20)26(34-16-33-24)35-22-11-13-36(14-12-22)41(39,40)28(30,31)32/h1-10,15-16,22,25H,11-14H2,(H,37,38)(H,33,34,35). The van der Waals surface area contributed by atoms with Crippen molar-refractivity contribution in [2.75, 3.05) is 18.4 Å². The Morgan fingerprint density at radius 3 is 2.12 bits per heavy atom. The maximum absolute atomic E-state index is 13.0. The number of hydrogen-bond donors (Lipinski definition) is 2. The number of fused-ring (bicyclic) bond motifs is 1. The van der Waals surface area contributed by atoms with Crippen molar-refractivity contribution in [3.05, 3.63) is 100 Å². The van der Waals surface area contributed by atoms with E-state index < -0.39 is 21.5 Å². The van der Waals surface area contributed by atoms with E-state index in [0.29, 0.717) is 26.0 Å². The van der Waals surface area contributed by atoms with Crippen molar-refractivity contribution < 1.29 is 31.5 Å². The number of nitrogens with zero attached hydrogens (tertiary/aromatic N) is 3. The van der Waals surface area contributed by atoms with E-state index >= 15 is 0 Å². The summed E-state index contributed by atoms with van der Waals surface area (Å²) in [5.41, 5.74) is -1.90. The minimum Gasteiger partial charge on any atom is -0.478 e. The van der Waals surface area contributed by atoms with E-state index in [-0.39, 0.29) is 43.5 Å². The Morgan fingerprint density at radius 2 is 1.54 bits per heavy atom. The van der Waals surface area contributed by atoms with Gasteiger partial charge in [-0.3, -0.25) is 0 Å². The van der Waals surface area contributed by atoms with Crippen molar-refractivity contribution in [3.8, 4) is 0 Å². The van der Waals surface area contributed by atoms with E-state index in [2.05, 4.69) is 15.3 Å². The highest BCUT2D eigenvalue weighted by atomic mass is 35.5. The maximum Gasteiger partial charge on any atom is 0.511 e. The van der Waals surface area contributed by atoms with Gasteiger partial charge in [0.1, 0.15) is 12.1 Å². The fraction of sp³-hybridized carbons (Fsp3) is 0.250. The topological polar surface area (TPSA) is 112 Å². The van der Waals surface area contributed by atoms with Gasteiger partial charge < -0.3 is 10.4 Å². The third-order valence-electron chi connectivity index (χ3n) is 7.11. The van der Waals surface area contributed by atoms with Crippen LogP contribution in [0.15, 0.2) is 73.1 Å². The number of hydrogen-bond acceptors (Lipinski definition) is 6. The third-order valence-corrected chi connectivity index (χ3v) is 9.00. The molecule has 1 aliphatic rings. The van der Waals surface area contributed by atoms with Crippen molar-refractivity contribution in [1.29, 1.82) is 0 Å². The van der Waals surface area contributed by atoms with Gasteiger partial charge in [-0.05, 0) is 65.9 Å². The molecule has 0 amide bonds. The van der Waals surface area contributed by atoms with Gasteiger partial charge in [0.15, 0.2) is 0 Å². The SMILES string of the molecule is O=C(O)c1ccc(C(c2ccc(Cl)cc2)c2ccc3ncnc(NC4CCN(S(=O)(=O)C(F)(F)F)CC4)c3c2)cc1. The van der Waals surface area contributed by atoms with Gasteiger partial charge in [-0.15, -0.1) is 0 Å². The molecule has 4 aromatic rings. The number of alkyl halides is 3. The first-order valence-electron chi connectivity index (χ1n) is 12.6. The van der Waals surface area contributed by atoms with Crippen LogP contribution in [-0.2, 0) is 10.0 Å². The summed E-state index contributed by atoms with van der Waals surface area (Å²) in [6.07, 6.45) is 1.72. The Kier molecular flexibility index (Phi) is 7.91. The first-order valence-corrected chi connectivity index (χ1v) is 14.4. The Morgan fingerprint density at radius 1 is 0.951 bits per heavy atom. The lowest BCUT2D eigenvalue weighted by Gasteiger charge is -2.32. The van der Waals surface area contributed by atoms with Crippen LogP contribution < -0.4 is 5.32 Å². The lowest BCUT2D eigenvalue weighted by molar-refractivity contribution is -0.0494. The van der Waals surface area contributed by atoms with Crippen LogP contribution in [0, 0.1) is 0 Å². The first kappa shape index (κ1) is 28.8. The molecule has 214 valence electrons. The fourth-order valence-electron chi connectivity index (χ4n) is 5.00. The number of aromatic nitrogens is 2. The molecule has 1 unspecified atom stereocenters. The normalized spacial score (nSPS) is 16.0. The fourth-order valence-corrected chi connectivity index (χ4v) is 6.11. The van der Waals surface area contributed by atoms with Crippen LogP contribution in [0.1, 0.15) is 45.8 Å². The Balaban J connectivity index is 1.46. The summed E-state index contributed by atoms with van der Waals surface area (Å²) in [6.45, 7) is -0.530. The number of piperidine rings is 1. The second-order valence-electron chi connectivity index (χ2n) is 9.68. The number of carboxylic acids is 1. The number of halogens is 4. The number of sulfonamides is 1. The average molecular weight is 605 g/mol. The van der Waals surface area contributed by atoms with Crippen molar-refractivity contribution in [2.24, 2.45) is 0 Å². The number of nitrogens with one attached hydrogen (secondary N) is 1. The van der Waals surface area contributed by atoms with Gasteiger partial charge in [-0.2, -0.15) is 17.5 Å². The molecular weight excluding hydrogens is 581 g/mol. The van der Waals surface area contributed by atoms with Crippen molar-refractivity contribution in [1.82, 2.24) is 14.3 Å². The van der Waals surface area contributed by atoms with Crippen molar-refractivity contribution >= 4 is 44.3 Å². The van der Waals surface area contributed by atoms with Crippen LogP contribution in [0.5, 0.6) is 0 Å². The lowest BCUT2D eigenvalue weighted by atomic mass is 9.84. The van der Waals surface area contributed by atoms with E-state index in [9.17, 15) is 31.5 Å². The van der Waals surface area contributed by atoms with Gasteiger partial charge in [-0.25, -0.2) is 23.2 Å². The number of benzene rings is 3. The van der Waals surface area contributed by atoms with Crippen LogP contribution >= 0.6 is 11.6 Å². The van der Waals surface area contributed by atoms with Gasteiger partial charge >= 0.3 is 21.5 Å². The second-order valence-corrected chi connectivity index (χ2v) is 12.0. The van der Waals surface area contributed by atoms with E-state index in [1.165, 1.54) is 6.33 Å². The summed E-state index contributed by atoms with van der Waals surface area (Å²) < 4.78 is 62.9. The molecule has 1 aliphatic heterocycles. The molecule has 2 heterocycles. The highest BCUT2D eigenvalue weighted by Crippen LogP contribution is 2.36. The van der Waals surface area contributed by atoms with E-state index in [4.69, 9.17) is 11.6 Å². The first-order chi connectivity index (χ1) is 19.4. The predicted octanol–water partition coefficient (Wildman–Crippen LogP) is 5.89. The van der Waals surface area contributed by atoms with E-state index in [1.54, 1.807) is 36.4 Å². The third kappa shape index (κ3) is 5.99. The molecule has 0 aliphatic carbocycles. The smallest absolute Gasteiger partial charge is 0.478 e. The minimum atomic E-state index is -5.37. The maximum atomic E-state index is 13.0. The summed E-state index contributed by atoms with van der Waals surface area (Å²) in [5.74, 6) is -0.839. The van der Waals surface area contributed by atoms with Crippen LogP contribution in [0.2, 0.25) is 5.02 Å². The molecule has 0 bridgehead atoms. The molecule has 0 radical (unpaired) electrons. The average Bonchev–Trinajstić information content (AvgIpc) is 2.94. The van der Waals surface area contributed by atoms with Crippen LogP contribution in [0.25, 0.3) is 10.9 Å². The number of aromatic carboxylic acids is 1. The molecule has 0 spiro atoms. The zero-order valence-corrected chi connectivity index (χ0v) is 22.9. The Bertz CT molecular complexity index is 1680. The molecule has 3 aromatic carbocycles. The number of anilines is 1. The summed E-state index contributed by atoms with van der Waals surface area (Å²) in [6, 6.07) is 19.3. The predicted molar refractivity (Wildman–Crippen MR) is 149 cm³/mol. The summed E-state index contributed by atoms with van der Waals surface area (Å²) in [7, 11) is -5.37. The van der Waals surface area contributed by atoms with Crippen LogP contribution in [0.4, 0.5) is 19.0 Å². The quantitative estimate of drug-likeness (QED) is 0.253. The molecule has 13 heteroatoms.